The average molecular weight is 755 g/mol. The molecule has 274 valence electrons. The Morgan fingerprint density at radius 2 is 1.79 bits per heavy atom. The molecular weight excluding hydrogens is 716 g/mol. The molecule has 2 saturated heterocycles. The van der Waals surface area contributed by atoms with Gasteiger partial charge in [-0.2, -0.15) is 5.10 Å². The number of carboxylic acid groups (broad SMARTS) is 1. The van der Waals surface area contributed by atoms with Crippen molar-refractivity contribution in [1.29, 1.82) is 0 Å². The van der Waals surface area contributed by atoms with Crippen LogP contribution in [-0.4, -0.2) is 61.0 Å². The Morgan fingerprint density at radius 3 is 2.55 bits per heavy atom. The first-order chi connectivity index (χ1) is 25.3. The molecule has 2 N–H and O–H groups in total. The molecule has 1 saturated carbocycles. The lowest BCUT2D eigenvalue weighted by Crippen LogP contribution is -2.49. The van der Waals surface area contributed by atoms with E-state index in [1.165, 1.54) is 9.80 Å². The van der Waals surface area contributed by atoms with E-state index in [1.807, 2.05) is 31.2 Å². The molecule has 0 bridgehead atoms. The topological polar surface area (TPSA) is 150 Å². The molecule has 53 heavy (non-hydrogen) atoms. The van der Waals surface area contributed by atoms with Crippen LogP contribution in [0.4, 0.5) is 5.82 Å². The second kappa shape index (κ2) is 12.9. The molecule has 8 rings (SSSR count). The number of allylic oxidation sites excluding steroid dienone is 2. The number of unbranched alkanes of at least 4 members (excludes halogenated alkanes) is 2. The quantitative estimate of drug-likeness (QED) is 0.107. The molecule has 6 atom stereocenters. The van der Waals surface area contributed by atoms with Crippen molar-refractivity contribution in [3.63, 3.8) is 0 Å². The number of rotatable bonds is 9. The molecule has 3 fully saturated rings. The molecule has 0 unspecified atom stereocenters. The second-order valence-electron chi connectivity index (χ2n) is 15.0. The number of aromatic hydroxyl groups is 1. The lowest BCUT2D eigenvalue weighted by Gasteiger charge is -2.49. The van der Waals surface area contributed by atoms with Gasteiger partial charge in [-0.3, -0.25) is 33.6 Å². The van der Waals surface area contributed by atoms with Crippen LogP contribution >= 0.6 is 22.9 Å². The molecular formula is C40H39ClN4O7S. The number of imide groups is 2. The largest absolute Gasteiger partial charge is 0.508 e. The first kappa shape index (κ1) is 35.2. The number of carboxylic acids is 1. The summed E-state index contributed by atoms with van der Waals surface area (Å²) in [5.74, 6) is -5.30. The Hall–Kier alpha value is -4.81. The van der Waals surface area contributed by atoms with Gasteiger partial charge in [-0.1, -0.05) is 47.9 Å². The maximum absolute atomic E-state index is 15.0. The van der Waals surface area contributed by atoms with Gasteiger partial charge in [0.1, 0.15) is 17.3 Å². The summed E-state index contributed by atoms with van der Waals surface area (Å²) in [5.41, 5.74) is 1.59. The van der Waals surface area contributed by atoms with Gasteiger partial charge in [0, 0.05) is 47.3 Å². The molecule has 4 aromatic rings. The van der Waals surface area contributed by atoms with Crippen LogP contribution in [0, 0.1) is 36.0 Å². The number of fused-ring (bicyclic) bond motifs is 5. The van der Waals surface area contributed by atoms with E-state index >= 15 is 0 Å². The van der Waals surface area contributed by atoms with Crippen LogP contribution in [0.5, 0.6) is 5.75 Å². The average Bonchev–Trinajstić information content (AvgIpc) is 3.79. The van der Waals surface area contributed by atoms with Crippen LogP contribution in [0.1, 0.15) is 62.5 Å². The molecule has 2 aromatic carbocycles. The Bertz CT molecular complexity index is 2280. The van der Waals surface area contributed by atoms with Crippen LogP contribution < -0.4 is 4.90 Å². The summed E-state index contributed by atoms with van der Waals surface area (Å²) in [6.07, 6.45) is 4.02. The van der Waals surface area contributed by atoms with Crippen LogP contribution in [0.25, 0.3) is 20.7 Å². The van der Waals surface area contributed by atoms with E-state index < -0.39 is 52.8 Å². The van der Waals surface area contributed by atoms with Gasteiger partial charge in [0.25, 0.3) is 0 Å². The molecule has 4 amide bonds. The van der Waals surface area contributed by atoms with E-state index in [2.05, 4.69) is 0 Å². The minimum absolute atomic E-state index is 0.0141. The van der Waals surface area contributed by atoms with Crippen molar-refractivity contribution in [3.05, 3.63) is 76.3 Å². The molecule has 4 aliphatic rings. The number of aliphatic carboxylic acids is 1. The summed E-state index contributed by atoms with van der Waals surface area (Å²) in [7, 11) is 1.70. The second-order valence-corrected chi connectivity index (χ2v) is 16.4. The number of phenolic OH excluding ortho intramolecular Hbond substituents is 1. The van der Waals surface area contributed by atoms with Gasteiger partial charge in [-0.15, -0.1) is 11.3 Å². The summed E-state index contributed by atoms with van der Waals surface area (Å²) in [6, 6.07) is 14.3. The number of anilines is 1. The highest BCUT2D eigenvalue weighted by Gasteiger charge is 2.68. The zero-order valence-electron chi connectivity index (χ0n) is 29.5. The van der Waals surface area contributed by atoms with E-state index in [9.17, 15) is 29.1 Å². The minimum atomic E-state index is -1.31. The number of carbonyl (C=O) groups excluding carboxylic acids is 4. The summed E-state index contributed by atoms with van der Waals surface area (Å²) in [5, 5.41) is 26.7. The fourth-order valence-electron chi connectivity index (χ4n) is 9.53. The van der Waals surface area contributed by atoms with E-state index in [-0.39, 0.29) is 37.0 Å². The fraction of sp³-hybridized carbons (Fsp3) is 0.400. The minimum Gasteiger partial charge on any atom is -0.508 e. The Balaban J connectivity index is 1.17. The van der Waals surface area contributed by atoms with E-state index in [0.29, 0.717) is 47.8 Å². The Kier molecular flexibility index (Phi) is 8.61. The number of amides is 4. The third kappa shape index (κ3) is 5.35. The predicted molar refractivity (Wildman–Crippen MR) is 199 cm³/mol. The van der Waals surface area contributed by atoms with Gasteiger partial charge < -0.3 is 10.2 Å². The standard InChI is InChI=1S/C40H39ClN4O7S/c1-20-25-17-21(41)12-15-30(25)53-35(20)28-19-31(43(3)42-28)45-37(50)27-18-26-22(34(40(27,2)39(45)52)23-9-6-7-10-29(23)46)13-14-24-33(26)38(51)44(36(24)49)16-8-4-5-11-32(47)48/h6-7,9-10,12-13,15,17,19,24,26-27,33-34,46H,4-5,8,11,14,16,18H2,1-3H3,(H,47,48)/t24-,26+,27-,33-,34+,40+/m0/s1. The first-order valence-corrected chi connectivity index (χ1v) is 19.2. The van der Waals surface area contributed by atoms with Gasteiger partial charge in [0.05, 0.1) is 28.0 Å². The maximum Gasteiger partial charge on any atom is 0.303 e. The number of halogens is 1. The zero-order valence-corrected chi connectivity index (χ0v) is 31.1. The number of thiophene rings is 1. The van der Waals surface area contributed by atoms with Crippen molar-refractivity contribution in [2.45, 2.75) is 58.3 Å². The van der Waals surface area contributed by atoms with Crippen molar-refractivity contribution in [3.8, 4) is 16.3 Å². The lowest BCUT2D eigenvalue weighted by molar-refractivity contribution is -0.141. The number of para-hydroxylation sites is 1. The Labute approximate surface area is 314 Å². The SMILES string of the molecule is Cc1c(-c2cc(N3C(=O)[C@@H]4C[C@@H]5C(=CC[C@@H]6C(=O)N(CCCCCC(=O)O)C(=O)[C@@H]65)[C@H](c5ccccc5O)[C@]4(C)C3=O)n(C)n2)sc2ccc(Cl)cc12. The predicted octanol–water partition coefficient (Wildman–Crippen LogP) is 6.84. The number of aryl methyl sites for hydroxylation is 2. The maximum atomic E-state index is 15.0. The van der Waals surface area contributed by atoms with Crippen LogP contribution in [-0.2, 0) is 31.0 Å². The summed E-state index contributed by atoms with van der Waals surface area (Å²) < 4.78 is 2.59. The van der Waals surface area contributed by atoms with Crippen molar-refractivity contribution in [2.75, 3.05) is 11.4 Å². The first-order valence-electron chi connectivity index (χ1n) is 18.0. The van der Waals surface area contributed by atoms with Gasteiger partial charge >= 0.3 is 5.97 Å². The summed E-state index contributed by atoms with van der Waals surface area (Å²) in [6.45, 7) is 3.99. The van der Waals surface area contributed by atoms with Gasteiger partial charge in [0.2, 0.25) is 23.6 Å². The normalized spacial score (nSPS) is 26.6. The van der Waals surface area contributed by atoms with Crippen LogP contribution in [0.2, 0.25) is 5.02 Å². The highest BCUT2D eigenvalue weighted by atomic mass is 35.5. The Morgan fingerprint density at radius 1 is 1.02 bits per heavy atom. The summed E-state index contributed by atoms with van der Waals surface area (Å²) >= 11 is 7.85. The lowest BCUT2D eigenvalue weighted by atomic mass is 9.51. The third-order valence-electron chi connectivity index (χ3n) is 12.1. The van der Waals surface area contributed by atoms with Crippen molar-refractivity contribution in [2.24, 2.45) is 36.1 Å². The zero-order chi connectivity index (χ0) is 37.5. The van der Waals surface area contributed by atoms with E-state index in [4.69, 9.17) is 21.8 Å². The molecule has 4 heterocycles. The molecule has 2 aliphatic heterocycles. The molecule has 2 aromatic heterocycles. The van der Waals surface area contributed by atoms with Gasteiger partial charge in [-0.25, -0.2) is 4.90 Å². The van der Waals surface area contributed by atoms with Crippen LogP contribution in [0.15, 0.2) is 60.2 Å². The summed E-state index contributed by atoms with van der Waals surface area (Å²) in [4.78, 5) is 72.0. The highest BCUT2D eigenvalue weighted by molar-refractivity contribution is 7.22. The number of benzene rings is 2. The number of aromatic nitrogens is 2. The van der Waals surface area contributed by atoms with Gasteiger partial charge in [0.15, 0.2) is 0 Å². The van der Waals surface area contributed by atoms with Crippen molar-refractivity contribution >= 4 is 68.4 Å². The van der Waals surface area contributed by atoms with Crippen molar-refractivity contribution in [1.82, 2.24) is 14.7 Å². The van der Waals surface area contributed by atoms with E-state index in [1.54, 1.807) is 60.3 Å². The van der Waals surface area contributed by atoms with E-state index in [0.717, 1.165) is 26.1 Å². The third-order valence-corrected chi connectivity index (χ3v) is 13.6. The molecule has 0 spiro atoms. The number of carbonyl (C=O) groups is 5. The molecule has 11 nitrogen and oxygen atoms in total. The molecule has 0 radical (unpaired) electrons. The number of nitrogens with zero attached hydrogens (tertiary/aromatic N) is 4. The smallest absolute Gasteiger partial charge is 0.303 e. The van der Waals surface area contributed by atoms with Crippen LogP contribution in [0.3, 0.4) is 0 Å². The van der Waals surface area contributed by atoms with Gasteiger partial charge in [-0.05, 0) is 80.7 Å². The molecule has 13 heteroatoms. The number of hydrogen-bond acceptors (Lipinski definition) is 8. The van der Waals surface area contributed by atoms with Crippen molar-refractivity contribution < 1.29 is 34.2 Å². The highest BCUT2D eigenvalue weighted by Crippen LogP contribution is 2.64. The number of phenols is 1. The monoisotopic (exact) mass is 754 g/mol. The molecule has 2 aliphatic carbocycles. The fourth-order valence-corrected chi connectivity index (χ4v) is 10.9. The number of hydrogen-bond donors (Lipinski definition) is 2. The number of likely N-dealkylation sites (tertiary alicyclic amines) is 1.